The molecular formula is C26H30O2. The molecule has 0 aromatic heterocycles. The molecule has 0 bridgehead atoms. The average Bonchev–Trinajstić information content (AvgIpc) is 3.15. The normalized spacial score (nSPS) is 22.4. The molecule has 28 heavy (non-hydrogen) atoms. The summed E-state index contributed by atoms with van der Waals surface area (Å²) < 4.78 is 0. The lowest BCUT2D eigenvalue weighted by atomic mass is 9.62. The minimum absolute atomic E-state index is 0.207. The third-order valence-electron chi connectivity index (χ3n) is 6.94. The van der Waals surface area contributed by atoms with E-state index in [4.69, 9.17) is 5.11 Å². The summed E-state index contributed by atoms with van der Waals surface area (Å²) in [6.45, 7) is 9.47. The van der Waals surface area contributed by atoms with Gasteiger partial charge in [-0.1, -0.05) is 64.1 Å². The van der Waals surface area contributed by atoms with Crippen molar-refractivity contribution in [1.29, 1.82) is 0 Å². The Morgan fingerprint density at radius 1 is 0.929 bits per heavy atom. The van der Waals surface area contributed by atoms with E-state index >= 15 is 0 Å². The summed E-state index contributed by atoms with van der Waals surface area (Å²) in [5, 5.41) is 9.16. The third-order valence-corrected chi connectivity index (χ3v) is 6.94. The Balaban J connectivity index is 1.72. The summed E-state index contributed by atoms with van der Waals surface area (Å²) in [7, 11) is 0. The van der Waals surface area contributed by atoms with Gasteiger partial charge in [0.05, 0.1) is 5.56 Å². The maximum absolute atomic E-state index is 11.2. The number of allylic oxidation sites excluding steroid dienone is 2. The zero-order valence-electron chi connectivity index (χ0n) is 17.4. The van der Waals surface area contributed by atoms with Crippen LogP contribution in [0.2, 0.25) is 0 Å². The number of fused-ring (bicyclic) bond motifs is 1. The zero-order valence-corrected chi connectivity index (χ0v) is 17.4. The Kier molecular flexibility index (Phi) is 4.49. The number of hydrogen-bond donors (Lipinski definition) is 1. The Labute approximate surface area is 168 Å². The first-order valence-electron chi connectivity index (χ1n) is 10.4. The minimum Gasteiger partial charge on any atom is -0.478 e. The van der Waals surface area contributed by atoms with Gasteiger partial charge in [-0.2, -0.15) is 0 Å². The Morgan fingerprint density at radius 3 is 2.21 bits per heavy atom. The number of aromatic carboxylic acids is 1. The number of benzene rings is 2. The van der Waals surface area contributed by atoms with Crippen LogP contribution in [-0.4, -0.2) is 11.1 Å². The topological polar surface area (TPSA) is 37.3 Å². The standard InChI is InChI=1S/C26H30O2/c1-25(2)14-15-26(3,4)23-16-19(12-13-22(23)25)21-7-5-6-20(21)17-8-10-18(11-9-17)24(27)28/h7-13,16,20H,5-6,14-15H2,1-4H3,(H,27,28). The number of hydrogen-bond acceptors (Lipinski definition) is 1. The molecule has 0 radical (unpaired) electrons. The van der Waals surface area contributed by atoms with Crippen LogP contribution in [0.3, 0.4) is 0 Å². The van der Waals surface area contributed by atoms with E-state index in [2.05, 4.69) is 52.0 Å². The van der Waals surface area contributed by atoms with Gasteiger partial charge in [0.2, 0.25) is 0 Å². The van der Waals surface area contributed by atoms with Crippen LogP contribution in [0.1, 0.15) is 91.9 Å². The maximum atomic E-state index is 11.2. The van der Waals surface area contributed by atoms with Crippen LogP contribution in [0, 0.1) is 0 Å². The molecule has 0 saturated carbocycles. The molecule has 0 saturated heterocycles. The van der Waals surface area contributed by atoms with E-state index in [9.17, 15) is 4.79 Å². The first kappa shape index (κ1) is 19.0. The van der Waals surface area contributed by atoms with Crippen LogP contribution < -0.4 is 0 Å². The molecule has 0 aliphatic heterocycles. The molecule has 2 aromatic rings. The van der Waals surface area contributed by atoms with Crippen molar-refractivity contribution in [2.75, 3.05) is 0 Å². The molecule has 2 nitrogen and oxygen atoms in total. The van der Waals surface area contributed by atoms with Crippen molar-refractivity contribution >= 4 is 11.5 Å². The van der Waals surface area contributed by atoms with Crippen molar-refractivity contribution in [3.05, 3.63) is 76.4 Å². The molecule has 2 aliphatic rings. The van der Waals surface area contributed by atoms with Crippen molar-refractivity contribution in [2.45, 2.75) is 70.1 Å². The zero-order chi connectivity index (χ0) is 20.1. The van der Waals surface area contributed by atoms with Gasteiger partial charge in [0.1, 0.15) is 0 Å². The number of carboxylic acids is 1. The molecule has 2 aliphatic carbocycles. The highest BCUT2D eigenvalue weighted by atomic mass is 16.4. The second kappa shape index (κ2) is 6.62. The van der Waals surface area contributed by atoms with Crippen LogP contribution in [-0.2, 0) is 10.8 Å². The summed E-state index contributed by atoms with van der Waals surface area (Å²) >= 11 is 0. The van der Waals surface area contributed by atoms with Crippen molar-refractivity contribution in [3.8, 4) is 0 Å². The quantitative estimate of drug-likeness (QED) is 0.649. The van der Waals surface area contributed by atoms with Gasteiger partial charge in [0.15, 0.2) is 0 Å². The molecule has 0 amide bonds. The second-order valence-electron chi connectivity index (χ2n) is 9.74. The van der Waals surface area contributed by atoms with Crippen molar-refractivity contribution in [1.82, 2.24) is 0 Å². The molecule has 1 unspecified atom stereocenters. The van der Waals surface area contributed by atoms with Gasteiger partial charge < -0.3 is 5.11 Å². The molecule has 0 fully saturated rings. The van der Waals surface area contributed by atoms with Crippen molar-refractivity contribution in [3.63, 3.8) is 0 Å². The van der Waals surface area contributed by atoms with Crippen molar-refractivity contribution < 1.29 is 9.90 Å². The molecule has 0 spiro atoms. The molecule has 1 atom stereocenters. The molecule has 4 rings (SSSR count). The van der Waals surface area contributed by atoms with Gasteiger partial charge in [-0.25, -0.2) is 4.79 Å². The van der Waals surface area contributed by atoms with Gasteiger partial charge in [0, 0.05) is 5.92 Å². The van der Waals surface area contributed by atoms with Gasteiger partial charge >= 0.3 is 5.97 Å². The van der Waals surface area contributed by atoms with Gasteiger partial charge in [0.25, 0.3) is 0 Å². The first-order chi connectivity index (χ1) is 13.2. The van der Waals surface area contributed by atoms with E-state index in [1.165, 1.54) is 40.7 Å². The Morgan fingerprint density at radius 2 is 1.57 bits per heavy atom. The molecule has 146 valence electrons. The number of carbonyl (C=O) groups is 1. The van der Waals surface area contributed by atoms with E-state index in [1.54, 1.807) is 12.1 Å². The minimum atomic E-state index is -0.867. The van der Waals surface area contributed by atoms with E-state index in [-0.39, 0.29) is 10.8 Å². The summed E-state index contributed by atoms with van der Waals surface area (Å²) in [6, 6.07) is 14.5. The lowest BCUT2D eigenvalue weighted by Gasteiger charge is -2.42. The summed E-state index contributed by atoms with van der Waals surface area (Å²) in [5.74, 6) is -0.520. The fourth-order valence-electron chi connectivity index (χ4n) is 4.99. The number of rotatable bonds is 3. The highest BCUT2D eigenvalue weighted by Gasteiger charge is 2.37. The molecule has 2 aromatic carbocycles. The van der Waals surface area contributed by atoms with E-state index in [1.807, 2.05) is 12.1 Å². The van der Waals surface area contributed by atoms with E-state index < -0.39 is 5.97 Å². The average molecular weight is 375 g/mol. The van der Waals surface area contributed by atoms with E-state index in [0.717, 1.165) is 12.8 Å². The van der Waals surface area contributed by atoms with Crippen molar-refractivity contribution in [2.24, 2.45) is 0 Å². The van der Waals surface area contributed by atoms with E-state index in [0.29, 0.717) is 11.5 Å². The van der Waals surface area contributed by atoms with Gasteiger partial charge in [-0.3, -0.25) is 0 Å². The Hall–Kier alpha value is -2.35. The highest BCUT2D eigenvalue weighted by molar-refractivity contribution is 5.87. The fraction of sp³-hybridized carbons (Fsp3) is 0.423. The first-order valence-corrected chi connectivity index (χ1v) is 10.4. The summed E-state index contributed by atoms with van der Waals surface area (Å²) in [6.07, 6.45) is 6.99. The van der Waals surface area contributed by atoms with Gasteiger partial charge in [-0.05, 0) is 76.5 Å². The molecule has 1 N–H and O–H groups in total. The predicted molar refractivity (Wildman–Crippen MR) is 115 cm³/mol. The molecule has 2 heteroatoms. The van der Waals surface area contributed by atoms with Gasteiger partial charge in [-0.15, -0.1) is 0 Å². The van der Waals surface area contributed by atoms with Crippen LogP contribution in [0.4, 0.5) is 0 Å². The third kappa shape index (κ3) is 3.19. The lowest BCUT2D eigenvalue weighted by Crippen LogP contribution is -2.33. The highest BCUT2D eigenvalue weighted by Crippen LogP contribution is 2.48. The van der Waals surface area contributed by atoms with Crippen LogP contribution in [0.5, 0.6) is 0 Å². The fourth-order valence-corrected chi connectivity index (χ4v) is 4.99. The number of carboxylic acid groups (broad SMARTS) is 1. The monoisotopic (exact) mass is 374 g/mol. The summed E-state index contributed by atoms with van der Waals surface area (Å²) in [4.78, 5) is 11.2. The smallest absolute Gasteiger partial charge is 0.335 e. The largest absolute Gasteiger partial charge is 0.478 e. The Bertz CT molecular complexity index is 945. The van der Waals surface area contributed by atoms with Crippen LogP contribution in [0.15, 0.2) is 48.5 Å². The predicted octanol–water partition coefficient (Wildman–Crippen LogP) is 6.69. The summed E-state index contributed by atoms with van der Waals surface area (Å²) in [5.41, 5.74) is 7.72. The SMILES string of the molecule is CC1(C)CCC(C)(C)c2cc(C3=CCCC3c3ccc(C(=O)O)cc3)ccc21. The maximum Gasteiger partial charge on any atom is 0.335 e. The second-order valence-corrected chi connectivity index (χ2v) is 9.74. The van der Waals surface area contributed by atoms with Crippen LogP contribution >= 0.6 is 0 Å². The van der Waals surface area contributed by atoms with Crippen LogP contribution in [0.25, 0.3) is 5.57 Å². The molecular weight excluding hydrogens is 344 g/mol. The lowest BCUT2D eigenvalue weighted by molar-refractivity contribution is 0.0697. The molecule has 0 heterocycles.